The van der Waals surface area contributed by atoms with E-state index in [9.17, 15) is 27.3 Å². The monoisotopic (exact) mass is 329 g/mol. The van der Waals surface area contributed by atoms with Crippen molar-refractivity contribution in [3.63, 3.8) is 0 Å². The summed E-state index contributed by atoms with van der Waals surface area (Å²) in [6.45, 7) is 1.57. The topological polar surface area (TPSA) is 86.5 Å². The largest absolute Gasteiger partial charge is 0.371 e. The minimum atomic E-state index is -4.75. The van der Waals surface area contributed by atoms with Crippen LogP contribution in [0.3, 0.4) is 0 Å². The summed E-state index contributed by atoms with van der Waals surface area (Å²) >= 11 is 0. The van der Waals surface area contributed by atoms with Gasteiger partial charge < -0.3 is 4.18 Å². The number of hydrogen-bond acceptors (Lipinski definition) is 5. The van der Waals surface area contributed by atoms with Crippen LogP contribution in [0.2, 0.25) is 0 Å². The van der Waals surface area contributed by atoms with Gasteiger partial charge in [-0.25, -0.2) is 8.78 Å². The molecule has 0 bridgehead atoms. The molecule has 9 heteroatoms. The zero-order valence-electron chi connectivity index (χ0n) is 11.1. The molecule has 0 N–H and O–H groups in total. The number of nitrogens with zero attached hydrogens (tertiary/aromatic N) is 1. The molecule has 0 radical (unpaired) electrons. The fourth-order valence-corrected chi connectivity index (χ4v) is 2.70. The molecular weight excluding hydrogens is 320 g/mol. The normalized spacial score (nSPS) is 11.2. The molecule has 0 aliphatic carbocycles. The Bertz CT molecular complexity index is 852. The molecule has 0 saturated carbocycles. The van der Waals surface area contributed by atoms with Gasteiger partial charge in [0.05, 0.1) is 4.92 Å². The van der Waals surface area contributed by atoms with E-state index >= 15 is 0 Å². The number of nitro groups is 1. The summed E-state index contributed by atoms with van der Waals surface area (Å²) in [5, 5.41) is 10.9. The van der Waals surface area contributed by atoms with Gasteiger partial charge >= 0.3 is 15.8 Å². The first-order chi connectivity index (χ1) is 10.2. The molecule has 22 heavy (non-hydrogen) atoms. The second-order valence-corrected chi connectivity index (χ2v) is 5.86. The molecule has 0 aromatic heterocycles. The third kappa shape index (κ3) is 3.19. The Morgan fingerprint density at radius 2 is 1.82 bits per heavy atom. The number of halogens is 2. The van der Waals surface area contributed by atoms with Crippen molar-refractivity contribution in [2.75, 3.05) is 0 Å². The zero-order valence-corrected chi connectivity index (χ0v) is 11.9. The molecule has 0 amide bonds. The minimum absolute atomic E-state index is 0.435. The highest BCUT2D eigenvalue weighted by molar-refractivity contribution is 7.87. The van der Waals surface area contributed by atoms with Crippen molar-refractivity contribution in [2.24, 2.45) is 0 Å². The average molecular weight is 329 g/mol. The van der Waals surface area contributed by atoms with Gasteiger partial charge in [-0.1, -0.05) is 6.07 Å². The van der Waals surface area contributed by atoms with Crippen molar-refractivity contribution >= 4 is 15.8 Å². The molecule has 0 aliphatic heterocycles. The van der Waals surface area contributed by atoms with E-state index in [0.717, 1.165) is 18.2 Å². The van der Waals surface area contributed by atoms with E-state index in [1.807, 2.05) is 0 Å². The molecule has 0 aliphatic rings. The summed E-state index contributed by atoms with van der Waals surface area (Å²) in [7, 11) is -4.75. The van der Waals surface area contributed by atoms with Crippen LogP contribution in [-0.2, 0) is 10.1 Å². The van der Waals surface area contributed by atoms with Gasteiger partial charge in [0.25, 0.3) is 0 Å². The highest BCUT2D eigenvalue weighted by Gasteiger charge is 2.26. The van der Waals surface area contributed by atoms with E-state index in [1.165, 1.54) is 6.07 Å². The van der Waals surface area contributed by atoms with E-state index in [1.54, 1.807) is 6.92 Å². The van der Waals surface area contributed by atoms with Crippen molar-refractivity contribution < 1.29 is 26.3 Å². The molecule has 2 aromatic carbocycles. The molecule has 6 nitrogen and oxygen atoms in total. The number of aryl methyl sites for hydroxylation is 1. The van der Waals surface area contributed by atoms with Crippen LogP contribution in [0, 0.1) is 28.7 Å². The van der Waals surface area contributed by atoms with Crippen molar-refractivity contribution in [2.45, 2.75) is 11.8 Å². The molecule has 116 valence electrons. The Morgan fingerprint density at radius 1 is 1.14 bits per heavy atom. The molecule has 0 saturated heterocycles. The van der Waals surface area contributed by atoms with Crippen molar-refractivity contribution in [1.29, 1.82) is 0 Å². The Kier molecular flexibility index (Phi) is 4.09. The number of benzene rings is 2. The Hall–Kier alpha value is -2.55. The van der Waals surface area contributed by atoms with Crippen molar-refractivity contribution in [1.82, 2.24) is 0 Å². The van der Waals surface area contributed by atoms with Gasteiger partial charge in [-0.05, 0) is 36.8 Å². The molecule has 0 unspecified atom stereocenters. The third-order valence-electron chi connectivity index (χ3n) is 2.67. The SMILES string of the molecule is Cc1ccc(OS(=O)(=O)c2cc(F)ccc2F)c([N+](=O)[O-])c1. The maximum absolute atomic E-state index is 13.5. The first-order valence-corrected chi connectivity index (χ1v) is 7.26. The molecule has 0 atom stereocenters. The van der Waals surface area contributed by atoms with Gasteiger partial charge in [0.1, 0.15) is 16.5 Å². The van der Waals surface area contributed by atoms with Crippen LogP contribution in [0.4, 0.5) is 14.5 Å². The van der Waals surface area contributed by atoms with Crippen LogP contribution in [0.1, 0.15) is 5.56 Å². The fraction of sp³-hybridized carbons (Fsp3) is 0.0769. The van der Waals surface area contributed by atoms with Crippen LogP contribution in [0.5, 0.6) is 5.75 Å². The standard InChI is InChI=1S/C13H9F2NO5S/c1-8-2-5-12(11(6-8)16(17)18)21-22(19,20)13-7-9(14)3-4-10(13)15/h2-7H,1H3. The van der Waals surface area contributed by atoms with Crippen LogP contribution < -0.4 is 4.18 Å². The summed E-state index contributed by atoms with van der Waals surface area (Å²) < 4.78 is 55.2. The summed E-state index contributed by atoms with van der Waals surface area (Å²) in [5.41, 5.74) is -0.0891. The van der Waals surface area contributed by atoms with E-state index < -0.39 is 43.0 Å². The third-order valence-corrected chi connectivity index (χ3v) is 3.92. The van der Waals surface area contributed by atoms with E-state index in [-0.39, 0.29) is 0 Å². The molecular formula is C13H9F2NO5S. The summed E-state index contributed by atoms with van der Waals surface area (Å²) in [6, 6.07) is 5.36. The Labute approximate surface area is 124 Å². The Balaban J connectivity index is 2.50. The van der Waals surface area contributed by atoms with E-state index in [2.05, 4.69) is 4.18 Å². The lowest BCUT2D eigenvalue weighted by Gasteiger charge is -2.08. The van der Waals surface area contributed by atoms with Crippen LogP contribution in [0.15, 0.2) is 41.3 Å². The van der Waals surface area contributed by atoms with Crippen molar-refractivity contribution in [3.8, 4) is 5.75 Å². The maximum atomic E-state index is 13.5. The highest BCUT2D eigenvalue weighted by atomic mass is 32.2. The Morgan fingerprint density at radius 3 is 2.45 bits per heavy atom. The molecule has 0 fully saturated rings. The summed E-state index contributed by atoms with van der Waals surface area (Å²) in [6.07, 6.45) is 0. The lowest BCUT2D eigenvalue weighted by Crippen LogP contribution is -2.13. The quantitative estimate of drug-likeness (QED) is 0.489. The van der Waals surface area contributed by atoms with Gasteiger partial charge in [0.15, 0.2) is 0 Å². The second-order valence-electron chi connectivity index (χ2n) is 4.34. The van der Waals surface area contributed by atoms with Crippen molar-refractivity contribution in [3.05, 3.63) is 63.7 Å². The first-order valence-electron chi connectivity index (χ1n) is 5.85. The van der Waals surface area contributed by atoms with Gasteiger partial charge in [-0.2, -0.15) is 8.42 Å². The van der Waals surface area contributed by atoms with Gasteiger partial charge in [-0.15, -0.1) is 0 Å². The van der Waals surface area contributed by atoms with Crippen LogP contribution in [0.25, 0.3) is 0 Å². The smallest absolute Gasteiger partial charge is 0.342 e. The van der Waals surface area contributed by atoms with Crippen LogP contribution >= 0.6 is 0 Å². The molecule has 2 aromatic rings. The maximum Gasteiger partial charge on any atom is 0.342 e. The molecule has 0 heterocycles. The van der Waals surface area contributed by atoms with E-state index in [4.69, 9.17) is 0 Å². The minimum Gasteiger partial charge on any atom is -0.371 e. The predicted molar refractivity (Wildman–Crippen MR) is 72.0 cm³/mol. The zero-order chi connectivity index (χ0) is 16.5. The number of nitro benzene ring substituents is 1. The van der Waals surface area contributed by atoms with Gasteiger partial charge in [0, 0.05) is 6.07 Å². The molecule has 0 spiro atoms. The number of hydrogen-bond donors (Lipinski definition) is 0. The lowest BCUT2D eigenvalue weighted by atomic mass is 10.2. The second kappa shape index (κ2) is 5.68. The summed E-state index contributed by atoms with van der Waals surface area (Å²) in [5.74, 6) is -2.79. The fourth-order valence-electron chi connectivity index (χ4n) is 1.67. The molecule has 2 rings (SSSR count). The van der Waals surface area contributed by atoms with Crippen LogP contribution in [-0.4, -0.2) is 13.3 Å². The highest BCUT2D eigenvalue weighted by Crippen LogP contribution is 2.31. The number of rotatable bonds is 4. The summed E-state index contributed by atoms with van der Waals surface area (Å²) in [4.78, 5) is 9.04. The van der Waals surface area contributed by atoms with E-state index in [0.29, 0.717) is 17.7 Å². The van der Waals surface area contributed by atoms with Gasteiger partial charge in [-0.3, -0.25) is 10.1 Å². The predicted octanol–water partition coefficient (Wildman–Crippen LogP) is 2.95. The lowest BCUT2D eigenvalue weighted by molar-refractivity contribution is -0.385. The van der Waals surface area contributed by atoms with Gasteiger partial charge in [0.2, 0.25) is 5.75 Å². The first kappa shape index (κ1) is 15.8. The average Bonchev–Trinajstić information content (AvgIpc) is 2.43.